The average molecular weight is 422 g/mol. The Morgan fingerprint density at radius 2 is 1.62 bits per heavy atom. The molecular formula is C22H19N3O2S2. The molecule has 29 heavy (non-hydrogen) atoms. The van der Waals surface area contributed by atoms with Crippen LogP contribution < -0.4 is 0 Å². The fourth-order valence-corrected chi connectivity index (χ4v) is 5.33. The Morgan fingerprint density at radius 3 is 2.28 bits per heavy atom. The highest BCUT2D eigenvalue weighted by molar-refractivity contribution is 7.93. The van der Waals surface area contributed by atoms with Gasteiger partial charge in [-0.15, -0.1) is 11.3 Å². The number of rotatable bonds is 4. The van der Waals surface area contributed by atoms with Gasteiger partial charge in [-0.3, -0.25) is 4.79 Å². The van der Waals surface area contributed by atoms with E-state index in [1.54, 1.807) is 24.0 Å². The Kier molecular flexibility index (Phi) is 5.17. The van der Waals surface area contributed by atoms with Crippen LogP contribution in [0.25, 0.3) is 21.6 Å². The first-order valence-corrected chi connectivity index (χ1v) is 11.7. The highest BCUT2D eigenvalue weighted by atomic mass is 32.2. The quantitative estimate of drug-likeness (QED) is 0.460. The number of carbonyl (C=O) groups is 1. The molecule has 4 aromatic rings. The van der Waals surface area contributed by atoms with Gasteiger partial charge in [-0.1, -0.05) is 54.6 Å². The maximum atomic E-state index is 12.9. The summed E-state index contributed by atoms with van der Waals surface area (Å²) in [5.74, 6) is -0.476. The molecule has 7 heteroatoms. The van der Waals surface area contributed by atoms with Gasteiger partial charge in [0.15, 0.2) is 0 Å². The maximum absolute atomic E-state index is 12.9. The molecule has 1 unspecified atom stereocenters. The Bertz CT molecular complexity index is 1280. The van der Waals surface area contributed by atoms with Crippen molar-refractivity contribution < 1.29 is 9.00 Å². The molecule has 0 aliphatic rings. The molecule has 0 aliphatic carbocycles. The highest BCUT2D eigenvalue weighted by Crippen LogP contribution is 2.31. The standard InChI is InChI=1S/C22H19N3O2S2/c1-25-15-23-14-21(25)29(2,27)24-22(26)20-13-12-19(28-20)18-10-8-17(9-11-18)16-6-4-3-5-7-16/h3-15H,1-2H3. The molecule has 0 saturated heterocycles. The van der Waals surface area contributed by atoms with Gasteiger partial charge in [0.1, 0.15) is 5.03 Å². The van der Waals surface area contributed by atoms with Crippen molar-refractivity contribution in [2.45, 2.75) is 5.03 Å². The minimum Gasteiger partial charge on any atom is -0.326 e. The molecule has 1 atom stereocenters. The van der Waals surface area contributed by atoms with E-state index >= 15 is 0 Å². The SMILES string of the molecule is Cn1cncc1S(C)(=O)=NC(=O)c1ccc(-c2ccc(-c3ccccc3)cc2)s1. The summed E-state index contributed by atoms with van der Waals surface area (Å²) in [6.45, 7) is 0. The monoisotopic (exact) mass is 421 g/mol. The lowest BCUT2D eigenvalue weighted by Crippen LogP contribution is -2.06. The third-order valence-corrected chi connectivity index (χ3v) is 7.32. The van der Waals surface area contributed by atoms with Crippen LogP contribution in [0.4, 0.5) is 0 Å². The van der Waals surface area contributed by atoms with Gasteiger partial charge >= 0.3 is 0 Å². The number of aryl methyl sites for hydroxylation is 1. The Balaban J connectivity index is 1.58. The lowest BCUT2D eigenvalue weighted by Gasteiger charge is -2.04. The number of imidazole rings is 1. The Morgan fingerprint density at radius 1 is 0.966 bits per heavy atom. The molecule has 2 heterocycles. The van der Waals surface area contributed by atoms with E-state index in [4.69, 9.17) is 0 Å². The highest BCUT2D eigenvalue weighted by Gasteiger charge is 2.16. The topological polar surface area (TPSA) is 64.3 Å². The van der Waals surface area contributed by atoms with E-state index in [2.05, 4.69) is 33.6 Å². The fraction of sp³-hybridized carbons (Fsp3) is 0.0909. The van der Waals surface area contributed by atoms with Crippen LogP contribution in [0.2, 0.25) is 0 Å². The van der Waals surface area contributed by atoms with Crippen LogP contribution in [0, 0.1) is 0 Å². The van der Waals surface area contributed by atoms with Gasteiger partial charge in [0.25, 0.3) is 5.91 Å². The van der Waals surface area contributed by atoms with Crippen molar-refractivity contribution in [2.24, 2.45) is 11.4 Å². The van der Waals surface area contributed by atoms with Gasteiger partial charge in [-0.05, 0) is 28.8 Å². The zero-order valence-corrected chi connectivity index (χ0v) is 17.6. The summed E-state index contributed by atoms with van der Waals surface area (Å²) in [4.78, 5) is 18.0. The van der Waals surface area contributed by atoms with E-state index < -0.39 is 15.6 Å². The van der Waals surface area contributed by atoms with E-state index in [9.17, 15) is 9.00 Å². The normalized spacial score (nSPS) is 13.0. The zero-order chi connectivity index (χ0) is 20.4. The summed E-state index contributed by atoms with van der Waals surface area (Å²) in [7, 11) is -1.12. The molecule has 0 spiro atoms. The molecule has 2 aromatic carbocycles. The molecule has 146 valence electrons. The average Bonchev–Trinajstić information content (AvgIpc) is 3.38. The van der Waals surface area contributed by atoms with Crippen molar-refractivity contribution >= 4 is 27.0 Å². The molecule has 0 radical (unpaired) electrons. The van der Waals surface area contributed by atoms with Crippen LogP contribution in [-0.4, -0.2) is 25.9 Å². The van der Waals surface area contributed by atoms with E-state index in [0.717, 1.165) is 21.6 Å². The predicted molar refractivity (Wildman–Crippen MR) is 117 cm³/mol. The van der Waals surface area contributed by atoms with Crippen LogP contribution in [-0.2, 0) is 16.8 Å². The second-order valence-electron chi connectivity index (χ2n) is 6.65. The second-order valence-corrected chi connectivity index (χ2v) is 9.94. The van der Waals surface area contributed by atoms with Crippen LogP contribution in [0.15, 0.2) is 88.6 Å². The van der Waals surface area contributed by atoms with Crippen LogP contribution in [0.5, 0.6) is 0 Å². The number of nitrogens with zero attached hydrogens (tertiary/aromatic N) is 3. The number of hydrogen-bond donors (Lipinski definition) is 0. The molecule has 0 bridgehead atoms. The van der Waals surface area contributed by atoms with Crippen molar-refractivity contribution in [1.82, 2.24) is 9.55 Å². The molecule has 0 fully saturated rings. The first-order chi connectivity index (χ1) is 13.9. The number of amides is 1. The minimum atomic E-state index is -2.85. The third-order valence-electron chi connectivity index (χ3n) is 4.51. The van der Waals surface area contributed by atoms with E-state index in [0.29, 0.717) is 9.90 Å². The molecule has 0 saturated carbocycles. The molecule has 1 amide bonds. The van der Waals surface area contributed by atoms with Gasteiger partial charge in [0.05, 0.1) is 27.1 Å². The van der Waals surface area contributed by atoms with Crippen molar-refractivity contribution in [2.75, 3.05) is 6.26 Å². The molecule has 4 rings (SSSR count). The van der Waals surface area contributed by atoms with Gasteiger partial charge in [0, 0.05) is 18.2 Å². The third kappa shape index (κ3) is 4.06. The van der Waals surface area contributed by atoms with Gasteiger partial charge in [-0.2, -0.15) is 4.36 Å². The van der Waals surface area contributed by atoms with Gasteiger partial charge < -0.3 is 4.57 Å². The molecular weight excluding hydrogens is 402 g/mol. The van der Waals surface area contributed by atoms with Crippen LogP contribution in [0.3, 0.4) is 0 Å². The van der Waals surface area contributed by atoms with E-state index in [1.165, 1.54) is 23.8 Å². The number of benzene rings is 2. The lowest BCUT2D eigenvalue weighted by atomic mass is 10.0. The molecule has 2 aromatic heterocycles. The van der Waals surface area contributed by atoms with Crippen molar-refractivity contribution in [3.63, 3.8) is 0 Å². The fourth-order valence-electron chi connectivity index (χ4n) is 3.03. The van der Waals surface area contributed by atoms with E-state index in [1.807, 2.05) is 36.4 Å². The summed E-state index contributed by atoms with van der Waals surface area (Å²) in [5.41, 5.74) is 3.32. The number of carbonyl (C=O) groups excluding carboxylic acids is 1. The number of thiophene rings is 1. The largest absolute Gasteiger partial charge is 0.326 e. The van der Waals surface area contributed by atoms with E-state index in [-0.39, 0.29) is 0 Å². The van der Waals surface area contributed by atoms with Crippen LogP contribution >= 0.6 is 11.3 Å². The smallest absolute Gasteiger partial charge is 0.295 e. The Hall–Kier alpha value is -3.03. The second kappa shape index (κ2) is 7.77. The van der Waals surface area contributed by atoms with Gasteiger partial charge in [0.2, 0.25) is 0 Å². The number of aromatic nitrogens is 2. The van der Waals surface area contributed by atoms with Crippen LogP contribution in [0.1, 0.15) is 9.67 Å². The minimum absolute atomic E-state index is 0.430. The molecule has 5 nitrogen and oxygen atoms in total. The zero-order valence-electron chi connectivity index (χ0n) is 16.0. The lowest BCUT2D eigenvalue weighted by molar-refractivity contribution is 0.101. The van der Waals surface area contributed by atoms with Crippen molar-refractivity contribution in [3.8, 4) is 21.6 Å². The van der Waals surface area contributed by atoms with Crippen molar-refractivity contribution in [3.05, 3.63) is 84.1 Å². The summed E-state index contributed by atoms with van der Waals surface area (Å²) in [6, 6.07) is 22.0. The first-order valence-electron chi connectivity index (χ1n) is 8.92. The molecule has 0 N–H and O–H groups in total. The number of hydrogen-bond acceptors (Lipinski definition) is 4. The summed E-state index contributed by atoms with van der Waals surface area (Å²) >= 11 is 1.35. The maximum Gasteiger partial charge on any atom is 0.295 e. The Labute approximate surface area is 173 Å². The summed E-state index contributed by atoms with van der Waals surface area (Å²) in [6.07, 6.45) is 4.48. The first kappa shape index (κ1) is 19.3. The predicted octanol–water partition coefficient (Wildman–Crippen LogP) is 5.11. The summed E-state index contributed by atoms with van der Waals surface area (Å²) < 4.78 is 18.5. The summed E-state index contributed by atoms with van der Waals surface area (Å²) in [5, 5.41) is 0.430. The molecule has 0 aliphatic heterocycles. The van der Waals surface area contributed by atoms with Crippen molar-refractivity contribution in [1.29, 1.82) is 0 Å². The van der Waals surface area contributed by atoms with Gasteiger partial charge in [-0.25, -0.2) is 9.19 Å².